The normalized spacial score (nSPS) is 16.1. The summed E-state index contributed by atoms with van der Waals surface area (Å²) in [5.74, 6) is -1.98. The van der Waals surface area contributed by atoms with Gasteiger partial charge in [-0.05, 0) is 62.1 Å². The fourth-order valence-electron chi connectivity index (χ4n) is 4.26. The van der Waals surface area contributed by atoms with Crippen molar-refractivity contribution in [3.05, 3.63) is 59.4 Å². The molecule has 6 nitrogen and oxygen atoms in total. The number of amides is 1. The van der Waals surface area contributed by atoms with Crippen molar-refractivity contribution in [3.63, 3.8) is 0 Å². The molecule has 14 heteroatoms. The number of nitrogens with zero attached hydrogens (tertiary/aromatic N) is 1. The number of hydrogen-bond acceptors (Lipinski definition) is 4. The third-order valence-corrected chi connectivity index (χ3v) is 8.55. The number of sulfonamides is 1. The number of ether oxygens (including phenoxy) is 1. The number of nitrogens with one attached hydrogen (secondary N) is 1. The first-order valence-corrected chi connectivity index (χ1v) is 13.8. The number of halogens is 7. The van der Waals surface area contributed by atoms with Gasteiger partial charge in [-0.15, -0.1) is 0 Å². The zero-order valence-electron chi connectivity index (χ0n) is 21.7. The molecule has 2 aromatic rings. The van der Waals surface area contributed by atoms with Crippen LogP contribution in [0.3, 0.4) is 0 Å². The lowest BCUT2D eigenvalue weighted by Crippen LogP contribution is -2.49. The van der Waals surface area contributed by atoms with Crippen LogP contribution in [0.15, 0.2) is 47.4 Å². The predicted molar refractivity (Wildman–Crippen MR) is 131 cm³/mol. The molecule has 0 aromatic heterocycles. The second-order valence-electron chi connectivity index (χ2n) is 10.2. The molecule has 40 heavy (non-hydrogen) atoms. The number of carbonyl (C=O) groups excluding carboxylic acids is 1. The summed E-state index contributed by atoms with van der Waals surface area (Å²) >= 11 is 0. The fourth-order valence-corrected chi connectivity index (χ4v) is 5.76. The Morgan fingerprint density at radius 2 is 1.65 bits per heavy atom. The van der Waals surface area contributed by atoms with Crippen LogP contribution in [0.2, 0.25) is 0 Å². The van der Waals surface area contributed by atoms with Crippen molar-refractivity contribution in [1.82, 2.24) is 9.62 Å². The summed E-state index contributed by atoms with van der Waals surface area (Å²) in [4.78, 5) is 12.7. The van der Waals surface area contributed by atoms with E-state index >= 15 is 0 Å². The van der Waals surface area contributed by atoms with E-state index in [1.807, 2.05) is 0 Å². The molecular formula is C26H29F7N2O4S. The Hall–Kier alpha value is -2.87. The smallest absolute Gasteiger partial charge is 0.419 e. The van der Waals surface area contributed by atoms with Crippen LogP contribution >= 0.6 is 0 Å². The summed E-state index contributed by atoms with van der Waals surface area (Å²) in [6, 6.07) is 5.32. The zero-order valence-corrected chi connectivity index (χ0v) is 22.5. The quantitative estimate of drug-likeness (QED) is 0.283. The van der Waals surface area contributed by atoms with Gasteiger partial charge < -0.3 is 10.1 Å². The highest BCUT2D eigenvalue weighted by Gasteiger charge is 2.38. The minimum absolute atomic E-state index is 0.0816. The van der Waals surface area contributed by atoms with Gasteiger partial charge in [-0.25, -0.2) is 12.8 Å². The number of hydrogen-bond donors (Lipinski definition) is 1. The number of alkyl halides is 6. The monoisotopic (exact) mass is 598 g/mol. The van der Waals surface area contributed by atoms with Crippen LogP contribution in [-0.2, 0) is 27.2 Å². The lowest BCUT2D eigenvalue weighted by Gasteiger charge is -2.33. The molecule has 1 saturated heterocycles. The Labute approximate surface area is 227 Å². The van der Waals surface area contributed by atoms with Gasteiger partial charge in [0, 0.05) is 24.5 Å². The Morgan fingerprint density at radius 3 is 2.23 bits per heavy atom. The van der Waals surface area contributed by atoms with E-state index in [4.69, 9.17) is 4.74 Å². The number of carbonyl (C=O) groups is 1. The largest absolute Gasteiger partial charge is 0.493 e. The van der Waals surface area contributed by atoms with Gasteiger partial charge in [-0.3, -0.25) is 4.79 Å². The maximum atomic E-state index is 13.5. The van der Waals surface area contributed by atoms with Gasteiger partial charge in [0.2, 0.25) is 15.9 Å². The van der Waals surface area contributed by atoms with Crippen LogP contribution < -0.4 is 10.1 Å². The van der Waals surface area contributed by atoms with Crippen molar-refractivity contribution in [2.75, 3.05) is 19.7 Å². The van der Waals surface area contributed by atoms with E-state index in [1.165, 1.54) is 16.4 Å². The highest BCUT2D eigenvalue weighted by Crippen LogP contribution is 2.40. The summed E-state index contributed by atoms with van der Waals surface area (Å²) in [7, 11) is -3.89. The maximum absolute atomic E-state index is 13.5. The van der Waals surface area contributed by atoms with E-state index in [0.29, 0.717) is 31.0 Å². The first-order valence-electron chi connectivity index (χ1n) is 12.4. The van der Waals surface area contributed by atoms with Gasteiger partial charge in [-0.1, -0.05) is 19.9 Å². The van der Waals surface area contributed by atoms with Crippen molar-refractivity contribution in [2.45, 2.75) is 62.8 Å². The van der Waals surface area contributed by atoms with Gasteiger partial charge in [0.15, 0.2) is 0 Å². The molecule has 0 atom stereocenters. The summed E-state index contributed by atoms with van der Waals surface area (Å²) in [6.07, 6.45) is -8.89. The van der Waals surface area contributed by atoms with Gasteiger partial charge in [-0.2, -0.15) is 30.6 Å². The van der Waals surface area contributed by atoms with Gasteiger partial charge >= 0.3 is 12.4 Å². The summed E-state index contributed by atoms with van der Waals surface area (Å²) in [5.41, 5.74) is -3.59. The second kappa shape index (κ2) is 11.9. The summed E-state index contributed by atoms with van der Waals surface area (Å²) in [5, 5.41) is 2.86. The lowest BCUT2D eigenvalue weighted by atomic mass is 9.86. The molecular weight excluding hydrogens is 569 g/mol. The summed E-state index contributed by atoms with van der Waals surface area (Å²) < 4.78 is 124. The van der Waals surface area contributed by atoms with E-state index in [2.05, 4.69) is 5.32 Å². The van der Waals surface area contributed by atoms with Crippen LogP contribution in [0.1, 0.15) is 50.7 Å². The van der Waals surface area contributed by atoms with E-state index in [0.717, 1.165) is 12.1 Å². The van der Waals surface area contributed by atoms with E-state index in [9.17, 15) is 43.9 Å². The number of piperidine rings is 1. The van der Waals surface area contributed by atoms with Crippen molar-refractivity contribution < 1.29 is 48.7 Å². The SMILES string of the molecule is CC(C)(CCCOc1cc(C(F)(F)F)ccc1C(F)(F)F)C(=O)NC1CCN(S(=O)(=O)c2cccc(F)c2)CC1. The molecule has 1 N–H and O–H groups in total. The molecule has 0 spiro atoms. The van der Waals surface area contributed by atoms with Gasteiger partial charge in [0.1, 0.15) is 11.6 Å². The molecule has 1 aliphatic rings. The molecule has 3 rings (SSSR count). The molecule has 0 bridgehead atoms. The highest BCUT2D eigenvalue weighted by molar-refractivity contribution is 7.89. The fraction of sp³-hybridized carbons (Fsp3) is 0.500. The molecule has 2 aromatic carbocycles. The van der Waals surface area contributed by atoms with Crippen LogP contribution in [0.25, 0.3) is 0 Å². The standard InChI is InChI=1S/C26H29F7N2O4S/c1-24(2,11-4-14-39-22-15-17(25(28,29)30)7-8-21(22)26(31,32)33)23(36)34-19-9-12-35(13-10-19)40(37,38)20-6-3-5-18(27)16-20/h3,5-8,15-16,19H,4,9-14H2,1-2H3,(H,34,36). The number of rotatable bonds is 9. The highest BCUT2D eigenvalue weighted by atomic mass is 32.2. The van der Waals surface area contributed by atoms with E-state index in [1.54, 1.807) is 13.8 Å². The Kier molecular flexibility index (Phi) is 9.44. The molecule has 1 fully saturated rings. The molecule has 0 unspecified atom stereocenters. The molecule has 1 aliphatic heterocycles. The van der Waals surface area contributed by atoms with Gasteiger partial charge in [0.05, 0.1) is 22.6 Å². The molecule has 1 heterocycles. The third kappa shape index (κ3) is 7.87. The second-order valence-corrected chi connectivity index (χ2v) is 12.1. The van der Waals surface area contributed by atoms with Crippen LogP contribution in [0, 0.1) is 11.2 Å². The molecule has 0 saturated carbocycles. The maximum Gasteiger partial charge on any atom is 0.419 e. The van der Waals surface area contributed by atoms with Crippen molar-refractivity contribution in [2.24, 2.45) is 5.41 Å². The lowest BCUT2D eigenvalue weighted by molar-refractivity contribution is -0.142. The van der Waals surface area contributed by atoms with Crippen LogP contribution in [-0.4, -0.2) is 44.4 Å². The first kappa shape index (κ1) is 31.7. The van der Waals surface area contributed by atoms with E-state index in [-0.39, 0.29) is 49.4 Å². The Morgan fingerprint density at radius 1 is 1.00 bits per heavy atom. The average molecular weight is 599 g/mol. The Balaban J connectivity index is 1.52. The molecule has 222 valence electrons. The minimum atomic E-state index is -4.91. The Bertz CT molecular complexity index is 1300. The molecule has 0 radical (unpaired) electrons. The predicted octanol–water partition coefficient (Wildman–Crippen LogP) is 6.02. The zero-order chi connectivity index (χ0) is 29.9. The van der Waals surface area contributed by atoms with Gasteiger partial charge in [0.25, 0.3) is 0 Å². The first-order chi connectivity index (χ1) is 18.4. The minimum Gasteiger partial charge on any atom is -0.493 e. The van der Waals surface area contributed by atoms with Crippen molar-refractivity contribution >= 4 is 15.9 Å². The molecule has 1 amide bonds. The van der Waals surface area contributed by atoms with Crippen LogP contribution in [0.4, 0.5) is 30.7 Å². The third-order valence-electron chi connectivity index (χ3n) is 6.66. The summed E-state index contributed by atoms with van der Waals surface area (Å²) in [6.45, 7) is 3.08. The van der Waals surface area contributed by atoms with Crippen molar-refractivity contribution in [1.29, 1.82) is 0 Å². The average Bonchev–Trinajstić information content (AvgIpc) is 2.85. The molecule has 0 aliphatic carbocycles. The topological polar surface area (TPSA) is 75.7 Å². The van der Waals surface area contributed by atoms with Crippen molar-refractivity contribution in [3.8, 4) is 5.75 Å². The number of benzene rings is 2. The van der Waals surface area contributed by atoms with Crippen LogP contribution in [0.5, 0.6) is 5.75 Å². The van der Waals surface area contributed by atoms with E-state index < -0.39 is 50.5 Å².